The van der Waals surface area contributed by atoms with Crippen LogP contribution in [0.15, 0.2) is 59.1 Å². The van der Waals surface area contributed by atoms with Crippen LogP contribution < -0.4 is 5.32 Å². The average Bonchev–Trinajstić information content (AvgIpc) is 3.47. The number of nitrogens with zero attached hydrogens (tertiary/aromatic N) is 3. The molecule has 0 saturated carbocycles. The van der Waals surface area contributed by atoms with Crippen molar-refractivity contribution in [1.82, 2.24) is 19.4 Å². The fourth-order valence-corrected chi connectivity index (χ4v) is 6.38. The largest absolute Gasteiger partial charge is 0.351 e. The first kappa shape index (κ1) is 20.8. The first-order valence-electron chi connectivity index (χ1n) is 10.0. The van der Waals surface area contributed by atoms with Crippen LogP contribution in [-0.4, -0.2) is 48.0 Å². The number of rotatable bonds is 7. The SMILES string of the molecule is O=C(NCCc1ccc(-n2cccn2)cc1)c1sccc1S(=O)(=O)N1CCCCC1. The normalized spacial score (nSPS) is 15.2. The quantitative estimate of drug-likeness (QED) is 0.607. The van der Waals surface area contributed by atoms with Gasteiger partial charge in [-0.3, -0.25) is 4.79 Å². The van der Waals surface area contributed by atoms with Gasteiger partial charge in [-0.2, -0.15) is 9.40 Å². The highest BCUT2D eigenvalue weighted by molar-refractivity contribution is 7.89. The Bertz CT molecular complexity index is 1080. The average molecular weight is 445 g/mol. The Hall–Kier alpha value is -2.49. The smallest absolute Gasteiger partial charge is 0.262 e. The molecule has 2 aromatic heterocycles. The van der Waals surface area contributed by atoms with Crippen molar-refractivity contribution in [1.29, 1.82) is 0 Å². The molecule has 30 heavy (non-hydrogen) atoms. The maximum Gasteiger partial charge on any atom is 0.262 e. The van der Waals surface area contributed by atoms with Crippen LogP contribution in [0.1, 0.15) is 34.5 Å². The van der Waals surface area contributed by atoms with Crippen LogP contribution in [-0.2, 0) is 16.4 Å². The minimum absolute atomic E-state index is 0.121. The zero-order chi connectivity index (χ0) is 21.0. The summed E-state index contributed by atoms with van der Waals surface area (Å²) in [5.41, 5.74) is 2.05. The van der Waals surface area contributed by atoms with E-state index in [1.807, 2.05) is 36.5 Å². The van der Waals surface area contributed by atoms with Crippen molar-refractivity contribution in [3.05, 3.63) is 64.6 Å². The minimum atomic E-state index is -3.62. The molecule has 158 valence electrons. The zero-order valence-electron chi connectivity index (χ0n) is 16.5. The van der Waals surface area contributed by atoms with E-state index in [9.17, 15) is 13.2 Å². The lowest BCUT2D eigenvalue weighted by Crippen LogP contribution is -2.36. The summed E-state index contributed by atoms with van der Waals surface area (Å²) >= 11 is 1.17. The maximum absolute atomic E-state index is 12.9. The van der Waals surface area contributed by atoms with Gasteiger partial charge in [0.25, 0.3) is 5.91 Å². The molecule has 1 saturated heterocycles. The molecule has 1 N–H and O–H groups in total. The molecule has 9 heteroatoms. The first-order valence-corrected chi connectivity index (χ1v) is 12.3. The summed E-state index contributed by atoms with van der Waals surface area (Å²) in [7, 11) is -3.62. The van der Waals surface area contributed by atoms with Gasteiger partial charge in [-0.25, -0.2) is 13.1 Å². The van der Waals surface area contributed by atoms with Crippen molar-refractivity contribution < 1.29 is 13.2 Å². The molecule has 0 aliphatic carbocycles. The Labute approximate surface area is 180 Å². The second-order valence-corrected chi connectivity index (χ2v) is 10.0. The lowest BCUT2D eigenvalue weighted by atomic mass is 10.1. The number of hydrogen-bond donors (Lipinski definition) is 1. The summed E-state index contributed by atoms with van der Waals surface area (Å²) in [6.07, 6.45) is 7.05. The molecule has 0 spiro atoms. The molecule has 3 aromatic rings. The molecule has 1 aromatic carbocycles. The predicted octanol–water partition coefficient (Wildman–Crippen LogP) is 3.08. The molecule has 0 bridgehead atoms. The monoisotopic (exact) mass is 444 g/mol. The van der Waals surface area contributed by atoms with Crippen molar-refractivity contribution in [2.45, 2.75) is 30.6 Å². The van der Waals surface area contributed by atoms with E-state index in [0.717, 1.165) is 30.5 Å². The molecule has 0 unspecified atom stereocenters. The van der Waals surface area contributed by atoms with E-state index in [4.69, 9.17) is 0 Å². The third kappa shape index (κ3) is 4.48. The summed E-state index contributed by atoms with van der Waals surface area (Å²) in [4.78, 5) is 13.0. The zero-order valence-corrected chi connectivity index (χ0v) is 18.2. The second-order valence-electron chi connectivity index (χ2n) is 7.20. The Morgan fingerprint density at radius 3 is 2.57 bits per heavy atom. The van der Waals surface area contributed by atoms with Crippen LogP contribution in [0, 0.1) is 0 Å². The number of carbonyl (C=O) groups excluding carboxylic acids is 1. The van der Waals surface area contributed by atoms with Crippen molar-refractivity contribution >= 4 is 27.3 Å². The topological polar surface area (TPSA) is 84.3 Å². The van der Waals surface area contributed by atoms with Gasteiger partial charge in [-0.1, -0.05) is 18.6 Å². The maximum atomic E-state index is 12.9. The number of thiophene rings is 1. The molecule has 4 rings (SSSR count). The van der Waals surface area contributed by atoms with E-state index in [0.29, 0.717) is 26.1 Å². The Kier molecular flexibility index (Phi) is 6.31. The number of carbonyl (C=O) groups is 1. The number of hydrogen-bond acceptors (Lipinski definition) is 5. The molecule has 1 fully saturated rings. The van der Waals surface area contributed by atoms with E-state index in [1.165, 1.54) is 21.7 Å². The van der Waals surface area contributed by atoms with Gasteiger partial charge >= 0.3 is 0 Å². The van der Waals surface area contributed by atoms with Gasteiger partial charge in [0.05, 0.1) is 5.69 Å². The number of amides is 1. The van der Waals surface area contributed by atoms with Gasteiger partial charge in [0.1, 0.15) is 9.77 Å². The molecule has 7 nitrogen and oxygen atoms in total. The minimum Gasteiger partial charge on any atom is -0.351 e. The van der Waals surface area contributed by atoms with Gasteiger partial charge in [-0.15, -0.1) is 11.3 Å². The fourth-order valence-electron chi connectivity index (χ4n) is 3.55. The number of nitrogens with one attached hydrogen (secondary N) is 1. The third-order valence-electron chi connectivity index (χ3n) is 5.17. The number of aromatic nitrogens is 2. The van der Waals surface area contributed by atoms with E-state index in [2.05, 4.69) is 10.4 Å². The van der Waals surface area contributed by atoms with E-state index in [-0.39, 0.29) is 15.7 Å². The van der Waals surface area contributed by atoms with Crippen LogP contribution in [0.25, 0.3) is 5.69 Å². The van der Waals surface area contributed by atoms with Gasteiger partial charge < -0.3 is 5.32 Å². The number of benzene rings is 1. The van der Waals surface area contributed by atoms with Gasteiger partial charge in [-0.05, 0) is 54.5 Å². The summed E-state index contributed by atoms with van der Waals surface area (Å²) in [6.45, 7) is 1.47. The van der Waals surface area contributed by atoms with Crippen molar-refractivity contribution in [2.75, 3.05) is 19.6 Å². The second kappa shape index (κ2) is 9.11. The van der Waals surface area contributed by atoms with Crippen LogP contribution in [0.3, 0.4) is 0 Å². The molecular weight excluding hydrogens is 420 g/mol. The van der Waals surface area contributed by atoms with Crippen LogP contribution in [0.4, 0.5) is 0 Å². The van der Waals surface area contributed by atoms with Crippen molar-refractivity contribution in [2.24, 2.45) is 0 Å². The molecule has 1 aliphatic heterocycles. The third-order valence-corrected chi connectivity index (χ3v) is 8.16. The summed E-state index contributed by atoms with van der Waals surface area (Å²) in [5.74, 6) is -0.339. The van der Waals surface area contributed by atoms with E-state index in [1.54, 1.807) is 16.3 Å². The van der Waals surface area contributed by atoms with Crippen molar-refractivity contribution in [3.8, 4) is 5.69 Å². The molecular formula is C21H24N4O3S2. The Balaban J connectivity index is 1.36. The lowest BCUT2D eigenvalue weighted by Gasteiger charge is -2.25. The first-order chi connectivity index (χ1) is 14.6. The molecule has 1 aliphatic rings. The molecule has 1 amide bonds. The van der Waals surface area contributed by atoms with E-state index < -0.39 is 10.0 Å². The molecule has 0 atom stereocenters. The van der Waals surface area contributed by atoms with E-state index >= 15 is 0 Å². The van der Waals surface area contributed by atoms with Crippen LogP contribution in [0.2, 0.25) is 0 Å². The van der Waals surface area contributed by atoms with Crippen LogP contribution >= 0.6 is 11.3 Å². The van der Waals surface area contributed by atoms with Gasteiger partial charge in [0, 0.05) is 32.0 Å². The lowest BCUT2D eigenvalue weighted by molar-refractivity contribution is 0.0955. The highest BCUT2D eigenvalue weighted by Gasteiger charge is 2.30. The Morgan fingerprint density at radius 2 is 1.87 bits per heavy atom. The molecule has 3 heterocycles. The number of piperidine rings is 1. The molecule has 0 radical (unpaired) electrons. The highest BCUT2D eigenvalue weighted by atomic mass is 32.2. The van der Waals surface area contributed by atoms with Crippen LogP contribution in [0.5, 0.6) is 0 Å². The van der Waals surface area contributed by atoms with Gasteiger partial charge in [0.15, 0.2) is 0 Å². The summed E-state index contributed by atoms with van der Waals surface area (Å²) in [6, 6.07) is 11.4. The van der Waals surface area contributed by atoms with Gasteiger partial charge in [0.2, 0.25) is 10.0 Å². The standard InChI is InChI=1S/C21H24N4O3S2/c26-21(20-19(10-16-29-20)30(27,28)24-13-2-1-3-14-24)22-12-9-17-5-7-18(8-6-17)25-15-4-11-23-25/h4-8,10-11,15-16H,1-3,9,12-14H2,(H,22,26). The fraction of sp³-hybridized carbons (Fsp3) is 0.333. The highest BCUT2D eigenvalue weighted by Crippen LogP contribution is 2.27. The summed E-state index contributed by atoms with van der Waals surface area (Å²) in [5, 5.41) is 8.73. The summed E-state index contributed by atoms with van der Waals surface area (Å²) < 4.78 is 29.2. The van der Waals surface area contributed by atoms with Crippen molar-refractivity contribution in [3.63, 3.8) is 0 Å². The Morgan fingerprint density at radius 1 is 1.10 bits per heavy atom. The predicted molar refractivity (Wildman–Crippen MR) is 117 cm³/mol. The number of sulfonamides is 1.